The van der Waals surface area contributed by atoms with Gasteiger partial charge in [0.2, 0.25) is 0 Å². The van der Waals surface area contributed by atoms with Crippen LogP contribution in [0.2, 0.25) is 0 Å². The van der Waals surface area contributed by atoms with E-state index in [0.29, 0.717) is 26.4 Å². The molecule has 0 radical (unpaired) electrons. The highest BCUT2D eigenvalue weighted by Gasteiger charge is 2.41. The minimum atomic E-state index is -1.31. The molecule has 0 aliphatic carbocycles. The average Bonchev–Trinajstić information content (AvgIpc) is 2.29. The molecule has 0 N–H and O–H groups in total. The quantitative estimate of drug-likeness (QED) is 0.554. The Kier molecular flexibility index (Phi) is 2.80. The molecule has 1 unspecified atom stereocenters. The van der Waals surface area contributed by atoms with Crippen molar-refractivity contribution in [3.05, 3.63) is 0 Å². The van der Waals surface area contributed by atoms with Crippen LogP contribution in [-0.4, -0.2) is 38.9 Å². The van der Waals surface area contributed by atoms with Gasteiger partial charge in [0.25, 0.3) is 0 Å². The van der Waals surface area contributed by atoms with E-state index in [-0.39, 0.29) is 6.29 Å². The Hall–Kier alpha value is -0.200. The normalized spacial score (nSPS) is 34.4. The summed E-state index contributed by atoms with van der Waals surface area (Å²) in [5.41, 5.74) is 0. The molecule has 2 heterocycles. The summed E-state index contributed by atoms with van der Waals surface area (Å²) >= 11 is 0. The van der Waals surface area contributed by atoms with Gasteiger partial charge in [-0.05, 0) is 13.3 Å². The van der Waals surface area contributed by atoms with Gasteiger partial charge in [0.05, 0.1) is 26.4 Å². The molecule has 0 aromatic carbocycles. The first kappa shape index (κ1) is 9.36. The Balaban J connectivity index is 2.00. The molecule has 0 saturated carbocycles. The molecule has 2 fully saturated rings. The van der Waals surface area contributed by atoms with Gasteiger partial charge in [-0.25, -0.2) is 0 Å². The molecule has 0 bridgehead atoms. The Labute approximate surface area is 76.8 Å². The number of ether oxygens (including phenoxy) is 5. The molecule has 2 aliphatic heterocycles. The van der Waals surface area contributed by atoms with Crippen LogP contribution in [0, 0.1) is 0 Å². The first-order valence-electron chi connectivity index (χ1n) is 4.52. The zero-order valence-corrected chi connectivity index (χ0v) is 7.65. The maximum atomic E-state index is 5.35. The van der Waals surface area contributed by atoms with Crippen LogP contribution in [0.1, 0.15) is 13.3 Å². The molecule has 0 aromatic heterocycles. The fourth-order valence-corrected chi connectivity index (χ4v) is 1.30. The standard InChI is InChI=1S/C8H14O5/c1-7-9-5-6-12-8(13-7)10-3-2-4-11-8/h7H,2-6H2,1H3. The van der Waals surface area contributed by atoms with Crippen LogP contribution >= 0.6 is 0 Å². The third-order valence-electron chi connectivity index (χ3n) is 1.87. The molecular formula is C8H14O5. The van der Waals surface area contributed by atoms with Gasteiger partial charge in [0.15, 0.2) is 6.29 Å². The van der Waals surface area contributed by atoms with Crippen molar-refractivity contribution in [2.24, 2.45) is 0 Å². The van der Waals surface area contributed by atoms with Gasteiger partial charge in [-0.2, -0.15) is 0 Å². The Bertz CT molecular complexity index is 166. The smallest absolute Gasteiger partial charge is 0.350 e. The average molecular weight is 190 g/mol. The van der Waals surface area contributed by atoms with Crippen LogP contribution in [0.3, 0.4) is 0 Å². The van der Waals surface area contributed by atoms with Gasteiger partial charge in [0, 0.05) is 0 Å². The summed E-state index contributed by atoms with van der Waals surface area (Å²) in [6.07, 6.45) is -0.807. The minimum Gasteiger partial charge on any atom is -0.350 e. The molecule has 5 nitrogen and oxygen atoms in total. The van der Waals surface area contributed by atoms with Gasteiger partial charge < -0.3 is 18.9 Å². The lowest BCUT2D eigenvalue weighted by Gasteiger charge is -2.34. The monoisotopic (exact) mass is 190 g/mol. The number of hydrogen-bond acceptors (Lipinski definition) is 5. The minimum absolute atomic E-state index is 0.361. The van der Waals surface area contributed by atoms with E-state index in [4.69, 9.17) is 23.7 Å². The lowest BCUT2D eigenvalue weighted by molar-refractivity contribution is -0.521. The van der Waals surface area contributed by atoms with E-state index < -0.39 is 6.16 Å². The second kappa shape index (κ2) is 3.89. The Morgan fingerprint density at radius 1 is 1.00 bits per heavy atom. The molecule has 2 aliphatic rings. The summed E-state index contributed by atoms with van der Waals surface area (Å²) < 4.78 is 26.5. The van der Waals surface area contributed by atoms with Crippen molar-refractivity contribution < 1.29 is 23.7 Å². The predicted molar refractivity (Wildman–Crippen MR) is 41.7 cm³/mol. The van der Waals surface area contributed by atoms with E-state index in [1.54, 1.807) is 6.92 Å². The highest BCUT2D eigenvalue weighted by molar-refractivity contribution is 4.54. The third kappa shape index (κ3) is 2.18. The van der Waals surface area contributed by atoms with Crippen molar-refractivity contribution in [1.29, 1.82) is 0 Å². The van der Waals surface area contributed by atoms with E-state index in [1.807, 2.05) is 0 Å². The topological polar surface area (TPSA) is 46.2 Å². The molecule has 1 atom stereocenters. The summed E-state index contributed by atoms with van der Waals surface area (Å²) in [7, 11) is 0. The number of rotatable bonds is 0. The molecular weight excluding hydrogens is 176 g/mol. The van der Waals surface area contributed by atoms with E-state index in [9.17, 15) is 0 Å². The van der Waals surface area contributed by atoms with Crippen molar-refractivity contribution in [1.82, 2.24) is 0 Å². The van der Waals surface area contributed by atoms with Crippen molar-refractivity contribution in [2.75, 3.05) is 26.4 Å². The summed E-state index contributed by atoms with van der Waals surface area (Å²) in [4.78, 5) is 0. The zero-order valence-electron chi connectivity index (χ0n) is 7.65. The summed E-state index contributed by atoms with van der Waals surface area (Å²) in [6, 6.07) is 0. The molecule has 0 aromatic rings. The van der Waals surface area contributed by atoms with Crippen LogP contribution in [0.25, 0.3) is 0 Å². The maximum Gasteiger partial charge on any atom is 0.415 e. The largest absolute Gasteiger partial charge is 0.415 e. The van der Waals surface area contributed by atoms with Crippen LogP contribution < -0.4 is 0 Å². The summed E-state index contributed by atoms with van der Waals surface area (Å²) in [6.45, 7) is 3.89. The molecule has 0 amide bonds. The van der Waals surface area contributed by atoms with Crippen LogP contribution in [0.15, 0.2) is 0 Å². The molecule has 1 spiro atoms. The Morgan fingerprint density at radius 3 is 2.46 bits per heavy atom. The molecule has 5 heteroatoms. The van der Waals surface area contributed by atoms with Crippen molar-refractivity contribution in [3.63, 3.8) is 0 Å². The van der Waals surface area contributed by atoms with Gasteiger partial charge in [-0.1, -0.05) is 0 Å². The van der Waals surface area contributed by atoms with Gasteiger partial charge in [0.1, 0.15) is 0 Å². The summed E-state index contributed by atoms with van der Waals surface area (Å²) in [5, 5.41) is 0. The molecule has 2 rings (SSSR count). The van der Waals surface area contributed by atoms with Gasteiger partial charge >= 0.3 is 6.16 Å². The van der Waals surface area contributed by atoms with Gasteiger partial charge in [-0.15, -0.1) is 0 Å². The molecule has 13 heavy (non-hydrogen) atoms. The lowest BCUT2D eigenvalue weighted by atomic mass is 10.5. The van der Waals surface area contributed by atoms with Crippen molar-refractivity contribution >= 4 is 0 Å². The highest BCUT2D eigenvalue weighted by atomic mass is 17.0. The SMILES string of the molecule is CC1OCCOC2(OCCCO2)O1. The fourth-order valence-electron chi connectivity index (χ4n) is 1.30. The van der Waals surface area contributed by atoms with E-state index in [1.165, 1.54) is 0 Å². The fraction of sp³-hybridized carbons (Fsp3) is 1.00. The highest BCUT2D eigenvalue weighted by Crippen LogP contribution is 2.25. The first-order chi connectivity index (χ1) is 6.31. The van der Waals surface area contributed by atoms with Crippen molar-refractivity contribution in [3.8, 4) is 0 Å². The van der Waals surface area contributed by atoms with Gasteiger partial charge in [-0.3, -0.25) is 4.74 Å². The third-order valence-corrected chi connectivity index (χ3v) is 1.87. The Morgan fingerprint density at radius 2 is 1.69 bits per heavy atom. The van der Waals surface area contributed by atoms with Crippen LogP contribution in [0.5, 0.6) is 0 Å². The second-order valence-corrected chi connectivity index (χ2v) is 2.96. The van der Waals surface area contributed by atoms with E-state index in [0.717, 1.165) is 6.42 Å². The van der Waals surface area contributed by atoms with E-state index >= 15 is 0 Å². The molecule has 2 saturated heterocycles. The number of hydrogen-bond donors (Lipinski definition) is 0. The second-order valence-electron chi connectivity index (χ2n) is 2.96. The van der Waals surface area contributed by atoms with Crippen LogP contribution in [-0.2, 0) is 23.7 Å². The zero-order chi connectivity index (χ0) is 9.15. The predicted octanol–water partition coefficient (Wildman–Crippen LogP) is 0.444. The first-order valence-corrected chi connectivity index (χ1v) is 4.52. The molecule has 76 valence electrons. The van der Waals surface area contributed by atoms with E-state index in [2.05, 4.69) is 0 Å². The maximum absolute atomic E-state index is 5.35. The van der Waals surface area contributed by atoms with Crippen molar-refractivity contribution in [2.45, 2.75) is 25.8 Å². The summed E-state index contributed by atoms with van der Waals surface area (Å²) in [5.74, 6) is 0. The lowest BCUT2D eigenvalue weighted by Crippen LogP contribution is -2.46. The van der Waals surface area contributed by atoms with Crippen LogP contribution in [0.4, 0.5) is 0 Å².